The highest BCUT2D eigenvalue weighted by atomic mass is 31.2. The van der Waals surface area contributed by atoms with E-state index in [9.17, 15) is 23.5 Å². The quantitative estimate of drug-likeness (QED) is 0.280. The zero-order valence-corrected chi connectivity index (χ0v) is 10.1. The number of carbonyl (C=O) groups is 3. The fourth-order valence-corrected chi connectivity index (χ4v) is 1.91. The molecular weight excluding hydrogens is 280 g/mol. The van der Waals surface area contributed by atoms with Crippen LogP contribution in [0.2, 0.25) is 0 Å². The fraction of sp³-hybridized carbons (Fsp3) is 0.400. The van der Waals surface area contributed by atoms with Gasteiger partial charge in [-0.15, -0.1) is 0 Å². The fourth-order valence-electron chi connectivity index (χ4n) is 0.769. The molecule has 10 nitrogen and oxygen atoms in total. The van der Waals surface area contributed by atoms with Gasteiger partial charge in [0.1, 0.15) is 0 Å². The molecule has 0 unspecified atom stereocenters. The normalized spacial score (nSPS) is 12.4. The summed E-state index contributed by atoms with van der Waals surface area (Å²) in [6, 6.07) is -2.57. The molecule has 0 bridgehead atoms. The summed E-state index contributed by atoms with van der Waals surface area (Å²) in [7, 11) is -10.8. The van der Waals surface area contributed by atoms with Crippen LogP contribution in [0.15, 0.2) is 0 Å². The van der Waals surface area contributed by atoms with Crippen LogP contribution in [0, 0.1) is 0 Å². The van der Waals surface area contributed by atoms with Crippen molar-refractivity contribution in [3.05, 3.63) is 0 Å². The molecule has 0 aromatic rings. The highest BCUT2D eigenvalue weighted by Crippen LogP contribution is 2.43. The first-order chi connectivity index (χ1) is 7.37. The molecular formula is C5H9NO9P2. The van der Waals surface area contributed by atoms with Gasteiger partial charge in [-0.1, -0.05) is 0 Å². The molecule has 5 N–H and O–H groups in total. The Morgan fingerprint density at radius 2 is 1.24 bits per heavy atom. The van der Waals surface area contributed by atoms with Crippen LogP contribution >= 0.6 is 15.2 Å². The molecule has 0 aliphatic carbocycles. The van der Waals surface area contributed by atoms with Crippen LogP contribution < -0.4 is 5.32 Å². The Balaban J connectivity index is 5.38. The van der Waals surface area contributed by atoms with Crippen LogP contribution in [0.3, 0.4) is 0 Å². The lowest BCUT2D eigenvalue weighted by molar-refractivity contribution is -0.129. The summed E-state index contributed by atoms with van der Waals surface area (Å²) >= 11 is 0. The highest BCUT2D eigenvalue weighted by molar-refractivity contribution is 7.73. The van der Waals surface area contributed by atoms with Crippen LogP contribution in [0.25, 0.3) is 0 Å². The number of nitrogens with one attached hydrogen (secondary N) is 1. The van der Waals surface area contributed by atoms with Crippen molar-refractivity contribution in [1.82, 2.24) is 5.32 Å². The number of carbonyl (C=O) groups excluding carboxylic acids is 3. The molecule has 12 heteroatoms. The van der Waals surface area contributed by atoms with Gasteiger partial charge in [0.2, 0.25) is 5.91 Å². The van der Waals surface area contributed by atoms with Crippen molar-refractivity contribution in [3.8, 4) is 0 Å². The first-order valence-corrected chi connectivity index (χ1v) is 7.07. The Labute approximate surface area is 94.3 Å². The summed E-state index contributed by atoms with van der Waals surface area (Å²) in [5, 5.41) is 1.47. The minimum Gasteiger partial charge on any atom is -0.339 e. The SMILES string of the molecule is CC(=O)NC(C(=O)P(=O)(O)O)C(=O)P(=O)(O)O. The molecule has 0 atom stereocenters. The van der Waals surface area contributed by atoms with Crippen LogP contribution in [0.5, 0.6) is 0 Å². The summed E-state index contributed by atoms with van der Waals surface area (Å²) in [4.78, 5) is 66.6. The molecule has 0 aromatic heterocycles. The van der Waals surface area contributed by atoms with Crippen molar-refractivity contribution in [2.75, 3.05) is 0 Å². The van der Waals surface area contributed by atoms with E-state index >= 15 is 0 Å². The lowest BCUT2D eigenvalue weighted by Gasteiger charge is -2.16. The van der Waals surface area contributed by atoms with Gasteiger partial charge >= 0.3 is 15.2 Å². The van der Waals surface area contributed by atoms with E-state index in [-0.39, 0.29) is 0 Å². The lowest BCUT2D eigenvalue weighted by atomic mass is 10.3. The second-order valence-electron chi connectivity index (χ2n) is 2.90. The number of hydrogen-bond donors (Lipinski definition) is 5. The average molecular weight is 289 g/mol. The van der Waals surface area contributed by atoms with E-state index in [4.69, 9.17) is 19.6 Å². The number of amides is 1. The van der Waals surface area contributed by atoms with Gasteiger partial charge in [0.05, 0.1) is 0 Å². The van der Waals surface area contributed by atoms with Gasteiger partial charge in [-0.05, 0) is 0 Å². The van der Waals surface area contributed by atoms with Gasteiger partial charge in [0, 0.05) is 6.92 Å². The molecule has 0 radical (unpaired) electrons. The summed E-state index contributed by atoms with van der Waals surface area (Å²) in [6.07, 6.45) is 0. The Hall–Kier alpha value is -0.890. The Bertz CT molecular complexity index is 410. The predicted molar refractivity (Wildman–Crippen MR) is 51.7 cm³/mol. The second kappa shape index (κ2) is 5.18. The van der Waals surface area contributed by atoms with E-state index in [2.05, 4.69) is 0 Å². The monoisotopic (exact) mass is 289 g/mol. The first kappa shape index (κ1) is 16.1. The lowest BCUT2D eigenvalue weighted by Crippen LogP contribution is -2.45. The maximum atomic E-state index is 11.0. The molecule has 1 amide bonds. The Morgan fingerprint density at radius 3 is 1.41 bits per heavy atom. The van der Waals surface area contributed by atoms with Gasteiger partial charge in [0.25, 0.3) is 11.0 Å². The maximum absolute atomic E-state index is 11.0. The molecule has 0 aliphatic rings. The van der Waals surface area contributed by atoms with Crippen molar-refractivity contribution >= 4 is 32.1 Å². The minimum absolute atomic E-state index is 0.799. The van der Waals surface area contributed by atoms with E-state index in [1.54, 1.807) is 0 Å². The molecule has 98 valence electrons. The number of hydrogen-bond acceptors (Lipinski definition) is 5. The third-order valence-corrected chi connectivity index (χ3v) is 3.08. The van der Waals surface area contributed by atoms with E-state index < -0.39 is 38.2 Å². The zero-order valence-electron chi connectivity index (χ0n) is 8.30. The van der Waals surface area contributed by atoms with Gasteiger partial charge in [-0.2, -0.15) is 0 Å². The molecule has 0 saturated carbocycles. The molecule has 0 rings (SSSR count). The van der Waals surface area contributed by atoms with Crippen molar-refractivity contribution in [1.29, 1.82) is 0 Å². The van der Waals surface area contributed by atoms with Crippen molar-refractivity contribution < 1.29 is 43.1 Å². The van der Waals surface area contributed by atoms with E-state index in [0.29, 0.717) is 0 Å². The second-order valence-corrected chi connectivity index (χ2v) is 5.96. The molecule has 0 heterocycles. The number of rotatable bonds is 5. The summed E-state index contributed by atoms with van der Waals surface area (Å²) in [5.41, 5.74) is -4.16. The van der Waals surface area contributed by atoms with Crippen molar-refractivity contribution in [2.24, 2.45) is 0 Å². The highest BCUT2D eigenvalue weighted by Gasteiger charge is 2.45. The summed E-state index contributed by atoms with van der Waals surface area (Å²) < 4.78 is 21.1. The predicted octanol–water partition coefficient (Wildman–Crippen LogP) is -2.10. The van der Waals surface area contributed by atoms with E-state index in [0.717, 1.165) is 6.92 Å². The molecule has 0 fully saturated rings. The van der Waals surface area contributed by atoms with Crippen molar-refractivity contribution in [2.45, 2.75) is 13.0 Å². The zero-order chi connectivity index (χ0) is 14.0. The van der Waals surface area contributed by atoms with Gasteiger partial charge in [-0.3, -0.25) is 23.5 Å². The standard InChI is InChI=1S/C5H9NO9P2/c1-2(7)6-3(4(8)16(10,11)12)5(9)17(13,14)15/h3H,1H3,(H,6,7)(H2,10,11,12)(H2,13,14,15). The van der Waals surface area contributed by atoms with Crippen LogP contribution in [0.4, 0.5) is 0 Å². The van der Waals surface area contributed by atoms with E-state index in [1.165, 1.54) is 5.32 Å². The van der Waals surface area contributed by atoms with Crippen LogP contribution in [-0.4, -0.2) is 42.6 Å². The summed E-state index contributed by atoms with van der Waals surface area (Å²) in [5.74, 6) is -1.06. The minimum atomic E-state index is -5.41. The maximum Gasteiger partial charge on any atom is 0.394 e. The Kier molecular flexibility index (Phi) is 4.90. The van der Waals surface area contributed by atoms with Gasteiger partial charge in [-0.25, -0.2) is 0 Å². The average Bonchev–Trinajstić information content (AvgIpc) is 2.08. The molecule has 0 spiro atoms. The van der Waals surface area contributed by atoms with Crippen LogP contribution in [0.1, 0.15) is 6.92 Å². The van der Waals surface area contributed by atoms with Gasteiger partial charge in [0.15, 0.2) is 6.04 Å². The largest absolute Gasteiger partial charge is 0.394 e. The smallest absolute Gasteiger partial charge is 0.339 e. The molecule has 0 saturated heterocycles. The topological polar surface area (TPSA) is 178 Å². The molecule has 0 aromatic carbocycles. The third kappa shape index (κ3) is 4.86. The van der Waals surface area contributed by atoms with Crippen LogP contribution in [-0.2, 0) is 23.5 Å². The molecule has 17 heavy (non-hydrogen) atoms. The molecule has 0 aliphatic heterocycles. The van der Waals surface area contributed by atoms with Gasteiger partial charge < -0.3 is 24.9 Å². The Morgan fingerprint density at radius 1 is 0.941 bits per heavy atom. The summed E-state index contributed by atoms with van der Waals surface area (Å²) in [6.45, 7) is 0.799. The third-order valence-electron chi connectivity index (χ3n) is 1.42. The van der Waals surface area contributed by atoms with Crippen molar-refractivity contribution in [3.63, 3.8) is 0 Å². The first-order valence-electron chi connectivity index (χ1n) is 3.84. The van der Waals surface area contributed by atoms with E-state index in [1.807, 2.05) is 0 Å².